The predicted molar refractivity (Wildman–Crippen MR) is 79.5 cm³/mol. The summed E-state index contributed by atoms with van der Waals surface area (Å²) in [5, 5.41) is 11.6. The summed E-state index contributed by atoms with van der Waals surface area (Å²) in [5.74, 6) is -0.829. The zero-order valence-corrected chi connectivity index (χ0v) is 11.9. The Morgan fingerprint density at radius 1 is 1.25 bits per heavy atom. The number of nitrogens with zero attached hydrogens (tertiary/aromatic N) is 2. The first-order chi connectivity index (χ1) is 9.72. The van der Waals surface area contributed by atoms with Gasteiger partial charge in [-0.15, -0.1) is 11.3 Å². The Kier molecular flexibility index (Phi) is 3.69. The minimum Gasteiger partial charge on any atom is -0.481 e. The number of aromatic nitrogens is 1. The minimum atomic E-state index is -0.829. The van der Waals surface area contributed by atoms with Gasteiger partial charge in [-0.25, -0.2) is 4.98 Å². The molecule has 0 atom stereocenters. The first-order valence-corrected chi connectivity index (χ1v) is 7.58. The Hall–Kier alpha value is -1.88. The van der Waals surface area contributed by atoms with Crippen LogP contribution in [0.25, 0.3) is 0 Å². The number of thiazole rings is 1. The molecule has 0 saturated heterocycles. The number of fused-ring (bicyclic) bond motifs is 1. The molecule has 1 aliphatic heterocycles. The average molecular weight is 288 g/mol. The van der Waals surface area contributed by atoms with Crippen LogP contribution in [0.4, 0.5) is 5.13 Å². The summed E-state index contributed by atoms with van der Waals surface area (Å²) in [7, 11) is 0. The van der Waals surface area contributed by atoms with E-state index in [0.29, 0.717) is 5.69 Å². The van der Waals surface area contributed by atoms with Crippen LogP contribution in [0.15, 0.2) is 29.6 Å². The lowest BCUT2D eigenvalue weighted by atomic mass is 10.0. The smallest absolute Gasteiger partial charge is 0.309 e. The number of aliphatic carboxylic acids is 1. The second-order valence-electron chi connectivity index (χ2n) is 4.95. The summed E-state index contributed by atoms with van der Waals surface area (Å²) in [4.78, 5) is 17.4. The van der Waals surface area contributed by atoms with Crippen LogP contribution in [0, 0.1) is 0 Å². The monoisotopic (exact) mass is 288 g/mol. The Morgan fingerprint density at radius 2 is 1.90 bits per heavy atom. The van der Waals surface area contributed by atoms with Gasteiger partial charge in [0.2, 0.25) is 0 Å². The first kappa shape index (κ1) is 13.1. The number of carboxylic acid groups (broad SMARTS) is 1. The van der Waals surface area contributed by atoms with Crippen LogP contribution in [-0.2, 0) is 24.1 Å². The van der Waals surface area contributed by atoms with E-state index < -0.39 is 5.97 Å². The highest BCUT2D eigenvalue weighted by Crippen LogP contribution is 2.24. The van der Waals surface area contributed by atoms with Gasteiger partial charge in [0, 0.05) is 18.5 Å². The maximum absolute atomic E-state index is 10.7. The molecular formula is C15H16N2O2S. The van der Waals surface area contributed by atoms with E-state index in [4.69, 9.17) is 5.11 Å². The molecule has 104 valence electrons. The van der Waals surface area contributed by atoms with Crippen LogP contribution in [0.1, 0.15) is 16.8 Å². The number of anilines is 1. The van der Waals surface area contributed by atoms with Gasteiger partial charge in [-0.2, -0.15) is 0 Å². The molecule has 20 heavy (non-hydrogen) atoms. The number of benzene rings is 1. The summed E-state index contributed by atoms with van der Waals surface area (Å²) < 4.78 is 0. The van der Waals surface area contributed by atoms with Crippen LogP contribution in [0.5, 0.6) is 0 Å². The Balaban J connectivity index is 1.73. The van der Waals surface area contributed by atoms with E-state index in [1.54, 1.807) is 0 Å². The molecule has 1 aromatic heterocycles. The number of carbonyl (C=O) groups is 1. The molecule has 0 saturated carbocycles. The Bertz CT molecular complexity index is 597. The highest BCUT2D eigenvalue weighted by atomic mass is 32.1. The lowest BCUT2D eigenvalue weighted by Gasteiger charge is -2.18. The molecule has 1 aliphatic rings. The van der Waals surface area contributed by atoms with E-state index in [1.807, 2.05) is 5.38 Å². The third kappa shape index (κ3) is 2.82. The fourth-order valence-corrected chi connectivity index (χ4v) is 3.42. The molecule has 0 aliphatic carbocycles. The van der Waals surface area contributed by atoms with Crippen LogP contribution >= 0.6 is 11.3 Å². The standard InChI is InChI=1S/C15H16N2O2S/c18-14(19)9-13-10-20-15(16-13)17-7-5-11-3-1-2-4-12(11)6-8-17/h1-4,10H,5-9H2,(H,18,19). The number of hydrogen-bond donors (Lipinski definition) is 1. The van der Waals surface area contributed by atoms with Crippen molar-refractivity contribution in [2.45, 2.75) is 19.3 Å². The van der Waals surface area contributed by atoms with Crippen LogP contribution in [0.3, 0.4) is 0 Å². The maximum atomic E-state index is 10.7. The molecule has 0 fully saturated rings. The van der Waals surface area contributed by atoms with Gasteiger partial charge in [-0.05, 0) is 24.0 Å². The van der Waals surface area contributed by atoms with Gasteiger partial charge < -0.3 is 10.0 Å². The Labute approximate surface area is 121 Å². The molecule has 3 rings (SSSR count). The second-order valence-corrected chi connectivity index (χ2v) is 5.78. The molecule has 5 heteroatoms. The topological polar surface area (TPSA) is 53.4 Å². The fourth-order valence-electron chi connectivity index (χ4n) is 2.54. The molecule has 2 heterocycles. The second kappa shape index (κ2) is 5.63. The third-order valence-electron chi connectivity index (χ3n) is 3.56. The third-order valence-corrected chi connectivity index (χ3v) is 4.51. The molecule has 0 bridgehead atoms. The van der Waals surface area contributed by atoms with Crippen LogP contribution in [0.2, 0.25) is 0 Å². The zero-order valence-electron chi connectivity index (χ0n) is 11.1. The van der Waals surface area contributed by atoms with Gasteiger partial charge in [0.1, 0.15) is 0 Å². The SMILES string of the molecule is O=C(O)Cc1csc(N2CCc3ccccc3CC2)n1. The molecule has 2 aromatic rings. The first-order valence-electron chi connectivity index (χ1n) is 6.70. The van der Waals surface area contributed by atoms with Gasteiger partial charge in [0.15, 0.2) is 5.13 Å². The van der Waals surface area contributed by atoms with Crippen molar-refractivity contribution in [3.8, 4) is 0 Å². The molecule has 0 spiro atoms. The summed E-state index contributed by atoms with van der Waals surface area (Å²) in [5.41, 5.74) is 3.48. The van der Waals surface area contributed by atoms with E-state index in [2.05, 4.69) is 34.1 Å². The molecule has 0 amide bonds. The quantitative estimate of drug-likeness (QED) is 0.942. The van der Waals surface area contributed by atoms with E-state index in [0.717, 1.165) is 31.1 Å². The van der Waals surface area contributed by atoms with Crippen molar-refractivity contribution < 1.29 is 9.90 Å². The summed E-state index contributed by atoms with van der Waals surface area (Å²) in [6.07, 6.45) is 2.04. The van der Waals surface area contributed by atoms with Crippen molar-refractivity contribution in [1.82, 2.24) is 4.98 Å². The van der Waals surface area contributed by atoms with Crippen molar-refractivity contribution in [3.05, 3.63) is 46.5 Å². The molecule has 0 unspecified atom stereocenters. The van der Waals surface area contributed by atoms with E-state index in [1.165, 1.54) is 22.5 Å². The molecule has 1 aromatic carbocycles. The highest BCUT2D eigenvalue weighted by Gasteiger charge is 2.17. The van der Waals surface area contributed by atoms with Gasteiger partial charge in [0.25, 0.3) is 0 Å². The van der Waals surface area contributed by atoms with E-state index in [9.17, 15) is 4.79 Å². The van der Waals surface area contributed by atoms with Gasteiger partial charge in [0.05, 0.1) is 12.1 Å². The zero-order chi connectivity index (χ0) is 13.9. The Morgan fingerprint density at radius 3 is 2.50 bits per heavy atom. The predicted octanol–water partition coefficient (Wildman–Crippen LogP) is 2.38. The normalized spacial score (nSPS) is 14.7. The maximum Gasteiger partial charge on any atom is 0.309 e. The van der Waals surface area contributed by atoms with Crippen molar-refractivity contribution in [2.75, 3.05) is 18.0 Å². The number of hydrogen-bond acceptors (Lipinski definition) is 4. The minimum absolute atomic E-state index is 0.00453. The highest BCUT2D eigenvalue weighted by molar-refractivity contribution is 7.13. The summed E-state index contributed by atoms with van der Waals surface area (Å²) in [6, 6.07) is 8.55. The molecular weight excluding hydrogens is 272 g/mol. The molecule has 1 N–H and O–H groups in total. The van der Waals surface area contributed by atoms with Crippen LogP contribution < -0.4 is 4.90 Å². The lowest BCUT2D eigenvalue weighted by Crippen LogP contribution is -2.25. The number of rotatable bonds is 3. The van der Waals surface area contributed by atoms with E-state index >= 15 is 0 Å². The molecule has 0 radical (unpaired) electrons. The molecule has 4 nitrogen and oxygen atoms in total. The fraction of sp³-hybridized carbons (Fsp3) is 0.333. The van der Waals surface area contributed by atoms with Crippen molar-refractivity contribution >= 4 is 22.4 Å². The lowest BCUT2D eigenvalue weighted by molar-refractivity contribution is -0.136. The van der Waals surface area contributed by atoms with Crippen LogP contribution in [-0.4, -0.2) is 29.1 Å². The van der Waals surface area contributed by atoms with Gasteiger partial charge >= 0.3 is 5.97 Å². The average Bonchev–Trinajstić information content (AvgIpc) is 2.77. The van der Waals surface area contributed by atoms with Crippen molar-refractivity contribution in [2.24, 2.45) is 0 Å². The van der Waals surface area contributed by atoms with Gasteiger partial charge in [-0.1, -0.05) is 24.3 Å². The van der Waals surface area contributed by atoms with Gasteiger partial charge in [-0.3, -0.25) is 4.79 Å². The van der Waals surface area contributed by atoms with E-state index in [-0.39, 0.29) is 6.42 Å². The van der Waals surface area contributed by atoms with Crippen molar-refractivity contribution in [3.63, 3.8) is 0 Å². The van der Waals surface area contributed by atoms with Crippen molar-refractivity contribution in [1.29, 1.82) is 0 Å². The summed E-state index contributed by atoms with van der Waals surface area (Å²) in [6.45, 7) is 1.88. The summed E-state index contributed by atoms with van der Waals surface area (Å²) >= 11 is 1.54. The number of carboxylic acids is 1. The largest absolute Gasteiger partial charge is 0.481 e.